The molecule has 0 bridgehead atoms. The average Bonchev–Trinajstić information content (AvgIpc) is 2.59. The van der Waals surface area contributed by atoms with E-state index in [1.54, 1.807) is 0 Å². The molecule has 1 fully saturated rings. The maximum absolute atomic E-state index is 10.7. The standard InChI is InChI=1S/C10H19NO/c1-2-3-8-11(9-12)10-6-4-5-7-10/h9-10H,2-8H2,1H3. The van der Waals surface area contributed by atoms with E-state index in [2.05, 4.69) is 6.92 Å². The van der Waals surface area contributed by atoms with E-state index in [0.717, 1.165) is 19.4 Å². The van der Waals surface area contributed by atoms with Crippen LogP contribution in [-0.2, 0) is 4.79 Å². The maximum atomic E-state index is 10.7. The first-order valence-electron chi connectivity index (χ1n) is 5.09. The predicted molar refractivity (Wildman–Crippen MR) is 49.9 cm³/mol. The lowest BCUT2D eigenvalue weighted by atomic mass is 10.2. The minimum atomic E-state index is 0.564. The van der Waals surface area contributed by atoms with Crippen LogP contribution in [0.5, 0.6) is 0 Å². The third-order valence-electron chi connectivity index (χ3n) is 2.70. The monoisotopic (exact) mass is 169 g/mol. The average molecular weight is 169 g/mol. The van der Waals surface area contributed by atoms with Crippen LogP contribution in [-0.4, -0.2) is 23.9 Å². The highest BCUT2D eigenvalue weighted by molar-refractivity contribution is 5.47. The molecule has 2 heteroatoms. The zero-order valence-corrected chi connectivity index (χ0v) is 7.96. The van der Waals surface area contributed by atoms with Crippen LogP contribution >= 0.6 is 0 Å². The van der Waals surface area contributed by atoms with Crippen molar-refractivity contribution in [2.45, 2.75) is 51.5 Å². The summed E-state index contributed by atoms with van der Waals surface area (Å²) in [6.45, 7) is 3.13. The number of amides is 1. The number of carbonyl (C=O) groups is 1. The Kier molecular flexibility index (Phi) is 4.12. The van der Waals surface area contributed by atoms with Crippen LogP contribution in [0.15, 0.2) is 0 Å². The molecule has 0 aromatic rings. The SMILES string of the molecule is CCCCN(C=O)C1CCCC1. The molecule has 0 saturated heterocycles. The molecule has 2 nitrogen and oxygen atoms in total. The Labute approximate surface area is 74.9 Å². The Bertz CT molecular complexity index is 130. The van der Waals surface area contributed by atoms with Crippen molar-refractivity contribution in [1.82, 2.24) is 4.90 Å². The quantitative estimate of drug-likeness (QED) is 0.578. The molecule has 0 unspecified atom stereocenters. The smallest absolute Gasteiger partial charge is 0.209 e. The second-order valence-corrected chi connectivity index (χ2v) is 3.64. The van der Waals surface area contributed by atoms with Gasteiger partial charge >= 0.3 is 0 Å². The van der Waals surface area contributed by atoms with Crippen LogP contribution in [0.25, 0.3) is 0 Å². The molecular weight excluding hydrogens is 150 g/mol. The first kappa shape index (κ1) is 9.56. The molecule has 1 saturated carbocycles. The van der Waals surface area contributed by atoms with Gasteiger partial charge in [0.2, 0.25) is 6.41 Å². The Morgan fingerprint density at radius 1 is 1.42 bits per heavy atom. The molecule has 70 valence electrons. The molecule has 0 atom stereocenters. The van der Waals surface area contributed by atoms with Crippen LogP contribution < -0.4 is 0 Å². The number of rotatable bonds is 5. The largest absolute Gasteiger partial charge is 0.342 e. The third-order valence-corrected chi connectivity index (χ3v) is 2.70. The van der Waals surface area contributed by atoms with Crippen molar-refractivity contribution in [3.63, 3.8) is 0 Å². The topological polar surface area (TPSA) is 20.3 Å². The van der Waals surface area contributed by atoms with E-state index in [9.17, 15) is 4.79 Å². The van der Waals surface area contributed by atoms with Crippen molar-refractivity contribution in [3.05, 3.63) is 0 Å². The molecule has 0 heterocycles. The minimum Gasteiger partial charge on any atom is -0.342 e. The highest BCUT2D eigenvalue weighted by atomic mass is 16.1. The van der Waals surface area contributed by atoms with Gasteiger partial charge in [0.15, 0.2) is 0 Å². The lowest BCUT2D eigenvalue weighted by molar-refractivity contribution is -0.120. The van der Waals surface area contributed by atoms with E-state index in [-0.39, 0.29) is 0 Å². The lowest BCUT2D eigenvalue weighted by Crippen LogP contribution is -2.32. The molecule has 1 amide bonds. The molecule has 0 aliphatic heterocycles. The fraction of sp³-hybridized carbons (Fsp3) is 0.900. The van der Waals surface area contributed by atoms with E-state index in [4.69, 9.17) is 0 Å². The Morgan fingerprint density at radius 2 is 2.08 bits per heavy atom. The normalized spacial score (nSPS) is 18.1. The van der Waals surface area contributed by atoms with E-state index >= 15 is 0 Å². The maximum Gasteiger partial charge on any atom is 0.209 e. The zero-order chi connectivity index (χ0) is 8.81. The summed E-state index contributed by atoms with van der Waals surface area (Å²) >= 11 is 0. The number of hydrogen-bond donors (Lipinski definition) is 0. The summed E-state index contributed by atoms with van der Waals surface area (Å²) in [4.78, 5) is 12.7. The third kappa shape index (κ3) is 2.50. The van der Waals surface area contributed by atoms with E-state index in [0.29, 0.717) is 6.04 Å². The highest BCUT2D eigenvalue weighted by Gasteiger charge is 2.20. The second-order valence-electron chi connectivity index (χ2n) is 3.64. The second kappa shape index (κ2) is 5.18. The molecule has 0 radical (unpaired) electrons. The Balaban J connectivity index is 2.27. The summed E-state index contributed by atoms with van der Waals surface area (Å²) in [6, 6.07) is 0.564. The van der Waals surface area contributed by atoms with Gasteiger partial charge in [0, 0.05) is 12.6 Å². The van der Waals surface area contributed by atoms with Gasteiger partial charge in [-0.1, -0.05) is 26.2 Å². The van der Waals surface area contributed by atoms with Crippen LogP contribution in [0.3, 0.4) is 0 Å². The molecule has 0 aromatic carbocycles. The summed E-state index contributed by atoms with van der Waals surface area (Å²) in [5, 5.41) is 0. The molecule has 12 heavy (non-hydrogen) atoms. The predicted octanol–water partition coefficient (Wildman–Crippen LogP) is 2.19. The summed E-state index contributed by atoms with van der Waals surface area (Å²) < 4.78 is 0. The van der Waals surface area contributed by atoms with Crippen molar-refractivity contribution in [3.8, 4) is 0 Å². The van der Waals surface area contributed by atoms with Crippen molar-refractivity contribution in [1.29, 1.82) is 0 Å². The van der Waals surface area contributed by atoms with E-state index in [1.807, 2.05) is 4.90 Å². The number of unbranched alkanes of at least 4 members (excludes halogenated alkanes) is 1. The van der Waals surface area contributed by atoms with E-state index < -0.39 is 0 Å². The first-order chi connectivity index (χ1) is 5.88. The van der Waals surface area contributed by atoms with Gasteiger partial charge in [-0.15, -0.1) is 0 Å². The van der Waals surface area contributed by atoms with Crippen LogP contribution in [0.2, 0.25) is 0 Å². The summed E-state index contributed by atoms with van der Waals surface area (Å²) in [7, 11) is 0. The van der Waals surface area contributed by atoms with Crippen molar-refractivity contribution >= 4 is 6.41 Å². The van der Waals surface area contributed by atoms with Gasteiger partial charge < -0.3 is 4.90 Å². The summed E-state index contributed by atoms with van der Waals surface area (Å²) in [6.07, 6.45) is 8.42. The van der Waals surface area contributed by atoms with Gasteiger partial charge in [-0.3, -0.25) is 4.79 Å². The summed E-state index contributed by atoms with van der Waals surface area (Å²) in [5.74, 6) is 0. The molecule has 0 spiro atoms. The van der Waals surface area contributed by atoms with Crippen molar-refractivity contribution in [2.75, 3.05) is 6.54 Å². The Hall–Kier alpha value is -0.530. The number of hydrogen-bond acceptors (Lipinski definition) is 1. The minimum absolute atomic E-state index is 0.564. The fourth-order valence-corrected chi connectivity index (χ4v) is 1.90. The highest BCUT2D eigenvalue weighted by Crippen LogP contribution is 2.22. The fourth-order valence-electron chi connectivity index (χ4n) is 1.90. The molecule has 1 aliphatic carbocycles. The van der Waals surface area contributed by atoms with Gasteiger partial charge in [-0.2, -0.15) is 0 Å². The van der Waals surface area contributed by atoms with Crippen LogP contribution in [0, 0.1) is 0 Å². The molecule has 0 N–H and O–H groups in total. The molecule has 1 rings (SSSR count). The first-order valence-corrected chi connectivity index (χ1v) is 5.09. The van der Waals surface area contributed by atoms with Crippen molar-refractivity contribution in [2.24, 2.45) is 0 Å². The van der Waals surface area contributed by atoms with Gasteiger partial charge in [0.25, 0.3) is 0 Å². The van der Waals surface area contributed by atoms with Crippen LogP contribution in [0.1, 0.15) is 45.4 Å². The summed E-state index contributed by atoms with van der Waals surface area (Å²) in [5.41, 5.74) is 0. The zero-order valence-electron chi connectivity index (χ0n) is 7.96. The Morgan fingerprint density at radius 3 is 2.58 bits per heavy atom. The van der Waals surface area contributed by atoms with Crippen LogP contribution in [0.4, 0.5) is 0 Å². The van der Waals surface area contributed by atoms with Gasteiger partial charge in [0.1, 0.15) is 0 Å². The number of carbonyl (C=O) groups excluding carboxylic acids is 1. The van der Waals surface area contributed by atoms with E-state index in [1.165, 1.54) is 32.1 Å². The van der Waals surface area contributed by atoms with Crippen molar-refractivity contribution < 1.29 is 4.79 Å². The molecular formula is C10H19NO. The molecule has 0 aromatic heterocycles. The van der Waals surface area contributed by atoms with Gasteiger partial charge in [-0.25, -0.2) is 0 Å². The molecule has 1 aliphatic rings. The lowest BCUT2D eigenvalue weighted by Gasteiger charge is -2.23. The number of nitrogens with zero attached hydrogens (tertiary/aromatic N) is 1. The van der Waals surface area contributed by atoms with Gasteiger partial charge in [0.05, 0.1) is 0 Å². The van der Waals surface area contributed by atoms with Gasteiger partial charge in [-0.05, 0) is 19.3 Å².